The highest BCUT2D eigenvalue weighted by atomic mass is 19.4. The highest BCUT2D eigenvalue weighted by Gasteiger charge is 2.38. The topological polar surface area (TPSA) is 25.8 Å². The second-order valence-electron chi connectivity index (χ2n) is 6.85. The molecule has 0 aliphatic rings. The maximum atomic E-state index is 12.8. The molecule has 0 aliphatic heterocycles. The Kier molecular flexibility index (Phi) is 3.74. The molecule has 0 N–H and O–H groups in total. The lowest BCUT2D eigenvalue weighted by Gasteiger charge is -2.30. The van der Waals surface area contributed by atoms with Crippen molar-refractivity contribution >= 4 is 0 Å². The molecule has 0 radical (unpaired) electrons. The number of hydrogen-bond acceptors (Lipinski definition) is 2. The monoisotopic (exact) mass is 274 g/mol. The number of aromatic nitrogens is 2. The van der Waals surface area contributed by atoms with E-state index >= 15 is 0 Å². The fourth-order valence-electron chi connectivity index (χ4n) is 2.14. The Bertz CT molecular complexity index is 477. The second kappa shape index (κ2) is 4.46. The molecule has 0 unspecified atom stereocenters. The van der Waals surface area contributed by atoms with Gasteiger partial charge in [-0.3, -0.25) is 0 Å². The summed E-state index contributed by atoms with van der Waals surface area (Å²) in [6, 6.07) is 0. The van der Waals surface area contributed by atoms with Crippen molar-refractivity contribution in [3.05, 3.63) is 22.8 Å². The number of alkyl halides is 3. The van der Waals surface area contributed by atoms with Crippen LogP contribution < -0.4 is 0 Å². The van der Waals surface area contributed by atoms with Crippen molar-refractivity contribution in [3.8, 4) is 0 Å². The maximum absolute atomic E-state index is 12.8. The van der Waals surface area contributed by atoms with E-state index in [1.165, 1.54) is 0 Å². The van der Waals surface area contributed by atoms with Crippen LogP contribution in [0.15, 0.2) is 0 Å². The summed E-state index contributed by atoms with van der Waals surface area (Å²) in [6.45, 7) is 13.1. The minimum absolute atomic E-state index is 0.295. The van der Waals surface area contributed by atoms with Crippen LogP contribution in [-0.2, 0) is 17.0 Å². The van der Waals surface area contributed by atoms with E-state index < -0.39 is 17.4 Å². The number of halogens is 3. The van der Waals surface area contributed by atoms with Gasteiger partial charge < -0.3 is 0 Å². The van der Waals surface area contributed by atoms with Gasteiger partial charge in [0.2, 0.25) is 5.82 Å². The van der Waals surface area contributed by atoms with Gasteiger partial charge in [-0.1, -0.05) is 41.5 Å². The van der Waals surface area contributed by atoms with E-state index in [1.807, 2.05) is 41.5 Å². The maximum Gasteiger partial charge on any atom is 0.451 e. The Hall–Kier alpha value is -1.13. The lowest BCUT2D eigenvalue weighted by atomic mass is 9.77. The fraction of sp³-hybridized carbons (Fsp3) is 0.714. The normalized spacial score (nSPS) is 13.8. The third-order valence-electron chi connectivity index (χ3n) is 2.80. The molecule has 0 saturated heterocycles. The molecule has 108 valence electrons. The van der Waals surface area contributed by atoms with E-state index in [1.54, 1.807) is 6.92 Å². The van der Waals surface area contributed by atoms with Crippen molar-refractivity contribution in [2.75, 3.05) is 0 Å². The van der Waals surface area contributed by atoms with Gasteiger partial charge in [0.25, 0.3) is 0 Å². The van der Waals surface area contributed by atoms with E-state index in [-0.39, 0.29) is 5.41 Å². The predicted molar refractivity (Wildman–Crippen MR) is 69.2 cm³/mol. The Morgan fingerprint density at radius 2 is 1.26 bits per heavy atom. The molecule has 5 heteroatoms. The first-order chi connectivity index (χ1) is 8.24. The van der Waals surface area contributed by atoms with Crippen LogP contribution in [0.25, 0.3) is 0 Å². The van der Waals surface area contributed by atoms with Gasteiger partial charge in [-0.15, -0.1) is 0 Å². The minimum Gasteiger partial charge on any atom is -0.229 e. The Balaban J connectivity index is 3.68. The molecule has 2 nitrogen and oxygen atoms in total. The van der Waals surface area contributed by atoms with E-state index in [2.05, 4.69) is 9.97 Å². The number of hydrogen-bond donors (Lipinski definition) is 0. The van der Waals surface area contributed by atoms with Crippen LogP contribution in [0.3, 0.4) is 0 Å². The van der Waals surface area contributed by atoms with Crippen LogP contribution in [0, 0.1) is 6.92 Å². The number of rotatable bonds is 0. The molecule has 0 amide bonds. The molecular weight excluding hydrogens is 253 g/mol. The summed E-state index contributed by atoms with van der Waals surface area (Å²) < 4.78 is 38.5. The van der Waals surface area contributed by atoms with Crippen molar-refractivity contribution in [2.45, 2.75) is 65.5 Å². The third-order valence-corrected chi connectivity index (χ3v) is 2.80. The number of nitrogens with zero attached hydrogens (tertiary/aromatic N) is 2. The van der Waals surface area contributed by atoms with E-state index in [0.29, 0.717) is 11.4 Å². The first-order valence-electron chi connectivity index (χ1n) is 6.21. The zero-order valence-corrected chi connectivity index (χ0v) is 12.5. The van der Waals surface area contributed by atoms with Crippen molar-refractivity contribution in [2.24, 2.45) is 0 Å². The average molecular weight is 274 g/mol. The lowest BCUT2D eigenvalue weighted by molar-refractivity contribution is -0.145. The minimum atomic E-state index is -4.51. The molecule has 0 fully saturated rings. The summed E-state index contributed by atoms with van der Waals surface area (Å²) in [7, 11) is 0. The van der Waals surface area contributed by atoms with Crippen LogP contribution in [-0.4, -0.2) is 9.97 Å². The van der Waals surface area contributed by atoms with Crippen molar-refractivity contribution in [1.82, 2.24) is 9.97 Å². The largest absolute Gasteiger partial charge is 0.451 e. The van der Waals surface area contributed by atoms with Gasteiger partial charge in [0.05, 0.1) is 5.69 Å². The second-order valence-corrected chi connectivity index (χ2v) is 6.85. The molecule has 0 spiro atoms. The summed E-state index contributed by atoms with van der Waals surface area (Å²) in [6.07, 6.45) is -4.51. The van der Waals surface area contributed by atoms with Gasteiger partial charge in [0.1, 0.15) is 0 Å². The SMILES string of the molecule is Cc1nc(C(F)(F)F)nc(C(C)(C)C)c1C(C)(C)C. The molecule has 0 saturated carbocycles. The smallest absolute Gasteiger partial charge is 0.229 e. The highest BCUT2D eigenvalue weighted by Crippen LogP contribution is 2.36. The predicted octanol–water partition coefficient (Wildman–Crippen LogP) is 4.40. The molecular formula is C14H21F3N2. The van der Waals surface area contributed by atoms with Crippen LogP contribution in [0.5, 0.6) is 0 Å². The van der Waals surface area contributed by atoms with Crippen molar-refractivity contribution in [1.29, 1.82) is 0 Å². The Morgan fingerprint density at radius 1 is 0.789 bits per heavy atom. The first-order valence-corrected chi connectivity index (χ1v) is 6.21. The fourth-order valence-corrected chi connectivity index (χ4v) is 2.14. The van der Waals surface area contributed by atoms with Gasteiger partial charge in [0.15, 0.2) is 0 Å². The van der Waals surface area contributed by atoms with Crippen molar-refractivity contribution < 1.29 is 13.2 Å². The average Bonchev–Trinajstić information content (AvgIpc) is 2.11. The molecule has 1 heterocycles. The molecule has 0 bridgehead atoms. The van der Waals surface area contributed by atoms with Gasteiger partial charge in [-0.05, 0) is 12.3 Å². The van der Waals surface area contributed by atoms with E-state index in [4.69, 9.17) is 0 Å². The summed E-state index contributed by atoms with van der Waals surface area (Å²) in [5, 5.41) is 0. The van der Waals surface area contributed by atoms with E-state index in [0.717, 1.165) is 5.56 Å². The molecule has 0 atom stereocenters. The highest BCUT2D eigenvalue weighted by molar-refractivity contribution is 5.36. The zero-order valence-electron chi connectivity index (χ0n) is 12.5. The van der Waals surface area contributed by atoms with Crippen LogP contribution >= 0.6 is 0 Å². The summed E-state index contributed by atoms with van der Waals surface area (Å²) in [4.78, 5) is 7.46. The molecule has 1 rings (SSSR count). The van der Waals surface area contributed by atoms with Gasteiger partial charge in [0, 0.05) is 16.7 Å². The van der Waals surface area contributed by atoms with Crippen LogP contribution in [0.1, 0.15) is 64.3 Å². The van der Waals surface area contributed by atoms with Gasteiger partial charge >= 0.3 is 6.18 Å². The quantitative estimate of drug-likeness (QED) is 0.700. The van der Waals surface area contributed by atoms with E-state index in [9.17, 15) is 13.2 Å². The molecule has 1 aromatic rings. The molecule has 1 aromatic heterocycles. The summed E-state index contributed by atoms with van der Waals surface area (Å²) in [5.41, 5.74) is 0.917. The molecule has 0 aromatic carbocycles. The summed E-state index contributed by atoms with van der Waals surface area (Å²) in [5.74, 6) is -1.05. The molecule has 19 heavy (non-hydrogen) atoms. The molecule has 0 aliphatic carbocycles. The standard InChI is InChI=1S/C14H21F3N2/c1-8-9(12(2,3)4)10(13(5,6)7)19-11(18-8)14(15,16)17/h1-7H3. The Morgan fingerprint density at radius 3 is 1.58 bits per heavy atom. The third kappa shape index (κ3) is 3.45. The Labute approximate surface area is 112 Å². The summed E-state index contributed by atoms with van der Waals surface area (Å²) >= 11 is 0. The van der Waals surface area contributed by atoms with Gasteiger partial charge in [-0.2, -0.15) is 13.2 Å². The first kappa shape index (κ1) is 15.9. The van der Waals surface area contributed by atoms with Crippen molar-refractivity contribution in [3.63, 3.8) is 0 Å². The number of aryl methyl sites for hydroxylation is 1. The van der Waals surface area contributed by atoms with Crippen LogP contribution in [0.2, 0.25) is 0 Å². The zero-order chi connectivity index (χ0) is 15.2. The lowest BCUT2D eigenvalue weighted by Crippen LogP contribution is -2.28. The van der Waals surface area contributed by atoms with Crippen LogP contribution in [0.4, 0.5) is 13.2 Å². The van der Waals surface area contributed by atoms with Gasteiger partial charge in [-0.25, -0.2) is 9.97 Å².